The van der Waals surface area contributed by atoms with Crippen LogP contribution in [0, 0.1) is 0 Å². The van der Waals surface area contributed by atoms with Crippen LogP contribution < -0.4 is 27.4 Å². The highest BCUT2D eigenvalue weighted by Gasteiger charge is 2.30. The van der Waals surface area contributed by atoms with Crippen molar-refractivity contribution in [1.29, 1.82) is 0 Å². The van der Waals surface area contributed by atoms with E-state index in [0.717, 1.165) is 6.92 Å². The predicted octanol–water partition coefficient (Wildman–Crippen LogP) is -4.01. The Morgan fingerprint density at radius 2 is 1.47 bits per heavy atom. The number of aliphatic hydroxyl groups is 1. The molecule has 0 radical (unpaired) electrons. The number of hydrogen-bond acceptors (Lipinski definition) is 8. The van der Waals surface area contributed by atoms with Crippen LogP contribution in [-0.4, -0.2) is 81.2 Å². The van der Waals surface area contributed by atoms with Gasteiger partial charge in [0.05, 0.1) is 18.6 Å². The van der Waals surface area contributed by atoms with Crippen molar-refractivity contribution in [3.63, 3.8) is 0 Å². The van der Waals surface area contributed by atoms with E-state index >= 15 is 0 Å². The zero-order valence-electron chi connectivity index (χ0n) is 16.5. The van der Waals surface area contributed by atoms with Crippen LogP contribution in [-0.2, 0) is 28.8 Å². The lowest BCUT2D eigenvalue weighted by Gasteiger charge is -2.23. The molecule has 0 heterocycles. The van der Waals surface area contributed by atoms with Gasteiger partial charge in [0, 0.05) is 6.42 Å². The number of primary amides is 1. The monoisotopic (exact) mass is 433 g/mol. The second kappa shape index (κ2) is 12.3. The molecule has 0 bridgehead atoms. The Morgan fingerprint density at radius 3 is 1.90 bits per heavy atom. The Balaban J connectivity index is 5.15. The number of carboxylic acid groups (broad SMARTS) is 2. The van der Waals surface area contributed by atoms with E-state index in [1.54, 1.807) is 0 Å². The minimum Gasteiger partial charge on any atom is -0.481 e. The molecule has 0 saturated heterocycles. The van der Waals surface area contributed by atoms with Gasteiger partial charge in [0.2, 0.25) is 23.6 Å². The molecule has 0 fully saturated rings. The van der Waals surface area contributed by atoms with E-state index in [2.05, 4.69) is 10.6 Å². The number of aliphatic hydroxyl groups excluding tert-OH is 1. The number of aliphatic carboxylic acids is 2. The normalized spacial score (nSPS) is 15.6. The first kappa shape index (κ1) is 26.7. The third kappa shape index (κ3) is 9.79. The highest BCUT2D eigenvalue weighted by molar-refractivity contribution is 5.94. The number of nitrogens with two attached hydrogens (primary N) is 2. The van der Waals surface area contributed by atoms with Crippen LogP contribution in [0.2, 0.25) is 0 Å². The fourth-order valence-corrected chi connectivity index (χ4v) is 2.16. The molecular weight excluding hydrogens is 406 g/mol. The van der Waals surface area contributed by atoms with Gasteiger partial charge < -0.3 is 42.7 Å². The minimum absolute atomic E-state index is 0.257. The van der Waals surface area contributed by atoms with Gasteiger partial charge in [0.25, 0.3) is 0 Å². The number of rotatable bonds is 13. The van der Waals surface area contributed by atoms with Crippen molar-refractivity contribution in [2.24, 2.45) is 11.5 Å². The van der Waals surface area contributed by atoms with Gasteiger partial charge in [-0.2, -0.15) is 0 Å². The van der Waals surface area contributed by atoms with Crippen molar-refractivity contribution < 1.29 is 44.1 Å². The maximum absolute atomic E-state index is 12.4. The first-order valence-electron chi connectivity index (χ1n) is 8.83. The number of amides is 4. The molecule has 0 aliphatic carbocycles. The van der Waals surface area contributed by atoms with E-state index in [1.165, 1.54) is 6.92 Å². The summed E-state index contributed by atoms with van der Waals surface area (Å²) in [5, 5.41) is 33.5. The molecule has 0 aromatic carbocycles. The zero-order chi connectivity index (χ0) is 23.6. The SMILES string of the molecule is CC(NC(=O)C(CCC(N)=O)NC(=O)C(N)CC(=O)O)C(=O)NC(C(=O)O)C(C)O. The molecular formula is C16H27N5O9. The summed E-state index contributed by atoms with van der Waals surface area (Å²) in [7, 11) is 0. The van der Waals surface area contributed by atoms with Gasteiger partial charge in [0.15, 0.2) is 6.04 Å². The summed E-state index contributed by atoms with van der Waals surface area (Å²) in [5.41, 5.74) is 10.5. The van der Waals surface area contributed by atoms with E-state index in [9.17, 15) is 33.9 Å². The molecule has 0 aromatic heterocycles. The summed E-state index contributed by atoms with van der Waals surface area (Å²) in [6.07, 6.45) is -2.68. The van der Waals surface area contributed by atoms with E-state index in [4.69, 9.17) is 21.7 Å². The minimum atomic E-state index is -1.61. The second-order valence-electron chi connectivity index (χ2n) is 6.57. The quantitative estimate of drug-likeness (QED) is 0.140. The molecule has 4 amide bonds. The summed E-state index contributed by atoms with van der Waals surface area (Å²) < 4.78 is 0. The molecule has 14 heteroatoms. The summed E-state index contributed by atoms with van der Waals surface area (Å²) >= 11 is 0. The molecule has 0 aromatic rings. The lowest BCUT2D eigenvalue weighted by Crippen LogP contribution is -2.57. The maximum Gasteiger partial charge on any atom is 0.328 e. The highest BCUT2D eigenvalue weighted by atomic mass is 16.4. The number of carboxylic acids is 2. The van der Waals surface area contributed by atoms with Gasteiger partial charge in [-0.05, 0) is 20.3 Å². The smallest absolute Gasteiger partial charge is 0.328 e. The molecule has 0 aliphatic rings. The summed E-state index contributed by atoms with van der Waals surface area (Å²) in [6, 6.07) is -5.73. The topological polar surface area (TPSA) is 251 Å². The number of nitrogens with one attached hydrogen (secondary N) is 3. The van der Waals surface area contributed by atoms with Crippen molar-refractivity contribution in [3.05, 3.63) is 0 Å². The van der Waals surface area contributed by atoms with E-state index in [1.807, 2.05) is 5.32 Å². The number of carbonyl (C=O) groups is 6. The third-order valence-corrected chi connectivity index (χ3v) is 3.84. The number of hydrogen-bond donors (Lipinski definition) is 8. The molecule has 5 unspecified atom stereocenters. The van der Waals surface area contributed by atoms with Crippen LogP contribution in [0.5, 0.6) is 0 Å². The Morgan fingerprint density at radius 1 is 0.900 bits per heavy atom. The van der Waals surface area contributed by atoms with E-state index in [-0.39, 0.29) is 12.8 Å². The summed E-state index contributed by atoms with van der Waals surface area (Å²) in [4.78, 5) is 69.2. The Kier molecular flexibility index (Phi) is 11.0. The Labute approximate surface area is 171 Å². The zero-order valence-corrected chi connectivity index (χ0v) is 16.5. The van der Waals surface area contributed by atoms with Gasteiger partial charge in [-0.1, -0.05) is 0 Å². The van der Waals surface area contributed by atoms with Crippen LogP contribution in [0.25, 0.3) is 0 Å². The van der Waals surface area contributed by atoms with Gasteiger partial charge in [0.1, 0.15) is 12.1 Å². The van der Waals surface area contributed by atoms with Crippen molar-refractivity contribution >= 4 is 35.6 Å². The third-order valence-electron chi connectivity index (χ3n) is 3.84. The molecule has 0 spiro atoms. The second-order valence-corrected chi connectivity index (χ2v) is 6.57. The first-order chi connectivity index (χ1) is 13.8. The summed E-state index contributed by atoms with van der Waals surface area (Å²) in [5.74, 6) is -6.43. The standard InChI is InChI=1S/C16H27N5O9/c1-6(13(26)21-12(7(2)22)16(29)30)19-15(28)9(3-4-10(18)23)20-14(27)8(17)5-11(24)25/h6-9,12,22H,3-5,17H2,1-2H3,(H2,18,23)(H,19,28)(H,20,27)(H,21,26)(H,24,25)(H,29,30). The Bertz CT molecular complexity index is 682. The van der Waals surface area contributed by atoms with E-state index in [0.29, 0.717) is 0 Å². The molecule has 0 rings (SSSR count). The van der Waals surface area contributed by atoms with Crippen molar-refractivity contribution in [2.45, 2.75) is 63.4 Å². The highest BCUT2D eigenvalue weighted by Crippen LogP contribution is 2.01. The van der Waals surface area contributed by atoms with Crippen LogP contribution in [0.3, 0.4) is 0 Å². The van der Waals surface area contributed by atoms with Crippen molar-refractivity contribution in [1.82, 2.24) is 16.0 Å². The Hall–Kier alpha value is -3.26. The van der Waals surface area contributed by atoms with Crippen LogP contribution in [0.1, 0.15) is 33.1 Å². The van der Waals surface area contributed by atoms with Crippen LogP contribution >= 0.6 is 0 Å². The lowest BCUT2D eigenvalue weighted by molar-refractivity contribution is -0.145. The summed E-state index contributed by atoms with van der Waals surface area (Å²) in [6.45, 7) is 2.37. The van der Waals surface area contributed by atoms with Gasteiger partial charge in [-0.15, -0.1) is 0 Å². The van der Waals surface area contributed by atoms with Gasteiger partial charge >= 0.3 is 11.9 Å². The molecule has 170 valence electrons. The van der Waals surface area contributed by atoms with Crippen molar-refractivity contribution in [2.75, 3.05) is 0 Å². The molecule has 0 aliphatic heterocycles. The van der Waals surface area contributed by atoms with Crippen LogP contribution in [0.4, 0.5) is 0 Å². The molecule has 5 atom stereocenters. The molecule has 10 N–H and O–H groups in total. The van der Waals surface area contributed by atoms with Crippen molar-refractivity contribution in [3.8, 4) is 0 Å². The van der Waals surface area contributed by atoms with Gasteiger partial charge in [-0.3, -0.25) is 24.0 Å². The fraction of sp³-hybridized carbons (Fsp3) is 0.625. The largest absolute Gasteiger partial charge is 0.481 e. The molecule has 14 nitrogen and oxygen atoms in total. The first-order valence-corrected chi connectivity index (χ1v) is 8.83. The fourth-order valence-electron chi connectivity index (χ4n) is 2.16. The average Bonchev–Trinajstić information content (AvgIpc) is 2.60. The average molecular weight is 433 g/mol. The predicted molar refractivity (Wildman–Crippen MR) is 99.4 cm³/mol. The number of carbonyl (C=O) groups excluding carboxylic acids is 4. The van der Waals surface area contributed by atoms with E-state index < -0.39 is 72.3 Å². The maximum atomic E-state index is 12.4. The van der Waals surface area contributed by atoms with Crippen LogP contribution in [0.15, 0.2) is 0 Å². The molecule has 0 saturated carbocycles. The lowest BCUT2D eigenvalue weighted by atomic mass is 10.1. The van der Waals surface area contributed by atoms with Gasteiger partial charge in [-0.25, -0.2) is 4.79 Å². The molecule has 30 heavy (non-hydrogen) atoms.